The molecular weight excluding hydrogens is 835 g/mol. The number of rotatable bonds is 13. The third-order valence-corrected chi connectivity index (χ3v) is 12.4. The van der Waals surface area contributed by atoms with Gasteiger partial charge in [-0.15, -0.1) is 0 Å². The van der Waals surface area contributed by atoms with E-state index in [4.69, 9.17) is 52.1 Å². The minimum absolute atomic E-state index is 0.0211. The van der Waals surface area contributed by atoms with Crippen molar-refractivity contribution in [3.8, 4) is 0 Å². The fourth-order valence-corrected chi connectivity index (χ4v) is 11.4. The quantitative estimate of drug-likeness (QED) is 0.0954. The van der Waals surface area contributed by atoms with E-state index >= 15 is 0 Å². The van der Waals surface area contributed by atoms with Crippen LogP contribution in [0.4, 0.5) is 14.4 Å². The SMILES string of the molecule is CC1(C)CC(OC(=O)OC(CCCC(=O)OCC(C)(C)C2OCOCC23COCOC3)(OC(=O)OC2CC(C)(C)NC(C)(C)C2)OC(=O)OC2CC(C)(C)NC(C)(C)C2)CC(C)(C)N1. The summed E-state index contributed by atoms with van der Waals surface area (Å²) in [6, 6.07) is 0. The number of nitrogens with one attached hydrogen (secondary N) is 3. The fraction of sp³-hybridized carbons (Fsp3) is 0.913. The second kappa shape index (κ2) is 19.3. The number of carbonyl (C=O) groups is 4. The summed E-state index contributed by atoms with van der Waals surface area (Å²) in [4.78, 5) is 55.3. The van der Waals surface area contributed by atoms with Gasteiger partial charge in [-0.25, -0.2) is 14.4 Å². The molecule has 18 nitrogen and oxygen atoms in total. The molecule has 1 spiro atoms. The van der Waals surface area contributed by atoms with Crippen LogP contribution in [-0.4, -0.2) is 128 Å². The topological polar surface area (TPSA) is 206 Å². The molecule has 18 heteroatoms. The smallest absolute Gasteiger partial charge is 0.465 e. The highest BCUT2D eigenvalue weighted by Gasteiger charge is 2.53. The molecular formula is C46H79N3O15. The fourth-order valence-electron chi connectivity index (χ4n) is 11.4. The van der Waals surface area contributed by atoms with Crippen LogP contribution in [0, 0.1) is 10.8 Å². The monoisotopic (exact) mass is 914 g/mol. The van der Waals surface area contributed by atoms with Gasteiger partial charge in [0.1, 0.15) is 31.9 Å². The lowest BCUT2D eigenvalue weighted by Crippen LogP contribution is -2.60. The summed E-state index contributed by atoms with van der Waals surface area (Å²) in [5.74, 6) is -3.38. The van der Waals surface area contributed by atoms with Gasteiger partial charge in [-0.3, -0.25) is 4.79 Å². The van der Waals surface area contributed by atoms with E-state index in [0.717, 1.165) is 0 Å². The first-order valence-corrected chi connectivity index (χ1v) is 22.9. The molecule has 5 heterocycles. The molecule has 3 N–H and O–H groups in total. The van der Waals surface area contributed by atoms with E-state index in [1.54, 1.807) is 0 Å². The van der Waals surface area contributed by atoms with Gasteiger partial charge in [-0.05, 0) is 89.5 Å². The lowest BCUT2D eigenvalue weighted by Gasteiger charge is -2.50. The molecule has 0 saturated carbocycles. The minimum atomic E-state index is -2.78. The molecule has 64 heavy (non-hydrogen) atoms. The Morgan fingerprint density at radius 1 is 0.547 bits per heavy atom. The minimum Gasteiger partial charge on any atom is -0.465 e. The molecule has 0 bridgehead atoms. The number of hydrogen-bond donors (Lipinski definition) is 3. The van der Waals surface area contributed by atoms with Crippen LogP contribution in [0.1, 0.15) is 155 Å². The molecule has 1 atom stereocenters. The van der Waals surface area contributed by atoms with Gasteiger partial charge in [0.2, 0.25) is 0 Å². The molecule has 5 aliphatic heterocycles. The molecule has 0 amide bonds. The summed E-state index contributed by atoms with van der Waals surface area (Å²) in [6.45, 7) is 29.1. The Hall–Kier alpha value is -3.00. The molecule has 5 fully saturated rings. The van der Waals surface area contributed by atoms with Gasteiger partial charge < -0.3 is 68.1 Å². The number of piperidine rings is 3. The Morgan fingerprint density at radius 3 is 1.25 bits per heavy atom. The lowest BCUT2D eigenvalue weighted by atomic mass is 9.70. The van der Waals surface area contributed by atoms with Crippen molar-refractivity contribution in [1.29, 1.82) is 0 Å². The van der Waals surface area contributed by atoms with E-state index in [0.29, 0.717) is 58.3 Å². The highest BCUT2D eigenvalue weighted by atomic mass is 17.0. The molecule has 0 aliphatic carbocycles. The highest BCUT2D eigenvalue weighted by Crippen LogP contribution is 2.42. The predicted molar refractivity (Wildman–Crippen MR) is 232 cm³/mol. The largest absolute Gasteiger partial charge is 0.514 e. The van der Waals surface area contributed by atoms with Crippen LogP contribution in [0.5, 0.6) is 0 Å². The maximum absolute atomic E-state index is 13.9. The summed E-state index contributed by atoms with van der Waals surface area (Å²) in [5.41, 5.74) is -3.68. The van der Waals surface area contributed by atoms with Crippen molar-refractivity contribution in [2.75, 3.05) is 40.0 Å². The number of carbonyl (C=O) groups excluding carboxylic acids is 4. The molecule has 0 radical (unpaired) electrons. The summed E-state index contributed by atoms with van der Waals surface area (Å²) in [6.07, 6.45) is -4.26. The zero-order chi connectivity index (χ0) is 47.6. The van der Waals surface area contributed by atoms with Crippen molar-refractivity contribution in [3.63, 3.8) is 0 Å². The van der Waals surface area contributed by atoms with Gasteiger partial charge in [0.15, 0.2) is 0 Å². The van der Waals surface area contributed by atoms with E-state index in [2.05, 4.69) is 16.0 Å². The van der Waals surface area contributed by atoms with Gasteiger partial charge in [-0.1, -0.05) is 13.8 Å². The first-order valence-electron chi connectivity index (χ1n) is 22.9. The maximum atomic E-state index is 13.9. The third kappa shape index (κ3) is 15.0. The van der Waals surface area contributed by atoms with E-state index in [1.165, 1.54) is 0 Å². The molecule has 0 aromatic rings. The summed E-state index contributed by atoms with van der Waals surface area (Å²) in [5, 5.41) is 10.6. The van der Waals surface area contributed by atoms with Gasteiger partial charge in [-0.2, -0.15) is 0 Å². The Balaban J connectivity index is 1.37. The summed E-state index contributed by atoms with van der Waals surface area (Å²) < 4.78 is 64.0. The molecule has 0 aromatic heterocycles. The first kappa shape index (κ1) is 52.0. The second-order valence-corrected chi connectivity index (χ2v) is 23.6. The van der Waals surface area contributed by atoms with Crippen molar-refractivity contribution < 1.29 is 71.3 Å². The molecule has 5 rings (SSSR count). The van der Waals surface area contributed by atoms with Crippen molar-refractivity contribution >= 4 is 24.4 Å². The molecule has 5 saturated heterocycles. The van der Waals surface area contributed by atoms with E-state index < -0.39 is 105 Å². The van der Waals surface area contributed by atoms with Crippen molar-refractivity contribution in [2.24, 2.45) is 10.8 Å². The number of esters is 1. The Morgan fingerprint density at radius 2 is 0.891 bits per heavy atom. The molecule has 0 aromatic carbocycles. The van der Waals surface area contributed by atoms with Crippen LogP contribution in [-0.2, 0) is 56.9 Å². The summed E-state index contributed by atoms with van der Waals surface area (Å²) >= 11 is 0. The molecule has 1 unspecified atom stereocenters. The van der Waals surface area contributed by atoms with E-state index in [1.807, 2.05) is 96.9 Å². The zero-order valence-electron chi connectivity index (χ0n) is 41.0. The van der Waals surface area contributed by atoms with Crippen LogP contribution < -0.4 is 16.0 Å². The zero-order valence-corrected chi connectivity index (χ0v) is 41.0. The Labute approximate surface area is 380 Å². The predicted octanol–water partition coefficient (Wildman–Crippen LogP) is 7.13. The van der Waals surface area contributed by atoms with Crippen LogP contribution >= 0.6 is 0 Å². The van der Waals surface area contributed by atoms with E-state index in [-0.39, 0.29) is 33.0 Å². The maximum Gasteiger partial charge on any atom is 0.514 e. The van der Waals surface area contributed by atoms with Gasteiger partial charge >= 0.3 is 30.4 Å². The second-order valence-electron chi connectivity index (χ2n) is 23.6. The van der Waals surface area contributed by atoms with Gasteiger partial charge in [0, 0.05) is 83.6 Å². The van der Waals surface area contributed by atoms with E-state index in [9.17, 15) is 19.2 Å². The normalized spacial score (nSPS) is 26.5. The first-order chi connectivity index (χ1) is 29.3. The van der Waals surface area contributed by atoms with Crippen LogP contribution in [0.15, 0.2) is 0 Å². The average molecular weight is 914 g/mol. The van der Waals surface area contributed by atoms with Crippen molar-refractivity contribution in [2.45, 2.75) is 218 Å². The van der Waals surface area contributed by atoms with Crippen molar-refractivity contribution in [1.82, 2.24) is 16.0 Å². The Bertz CT molecular complexity index is 1470. The average Bonchev–Trinajstić information content (AvgIpc) is 3.06. The molecule has 368 valence electrons. The lowest BCUT2D eigenvalue weighted by molar-refractivity contribution is -0.325. The highest BCUT2D eigenvalue weighted by molar-refractivity contribution is 5.69. The third-order valence-electron chi connectivity index (χ3n) is 12.4. The Kier molecular flexibility index (Phi) is 15.7. The van der Waals surface area contributed by atoms with Gasteiger partial charge in [0.05, 0.1) is 44.4 Å². The standard InChI is InChI=1S/C46H79N3O15/c1-38(2,34-45(27-56-29-58-34)25-54-28-55-26-45)24-57-33(50)16-15-17-46(62-35(51)59-30-18-39(3,4)47-40(5,6)19-30,63-36(52)60-31-20-41(7,8)48-42(9,10)21-31)64-37(53)61-32-22-43(11,12)49-44(13,14)23-32/h30-32,34,47-49H,15-29H2,1-14H3. The number of ether oxygens (including phenoxy) is 11. The van der Waals surface area contributed by atoms with Crippen LogP contribution in [0.25, 0.3) is 0 Å². The molecule has 5 aliphatic rings. The number of hydrogen-bond acceptors (Lipinski definition) is 18. The van der Waals surface area contributed by atoms with Gasteiger partial charge in [0.25, 0.3) is 0 Å². The van der Waals surface area contributed by atoms with Crippen LogP contribution in [0.2, 0.25) is 0 Å². The van der Waals surface area contributed by atoms with Crippen LogP contribution in [0.3, 0.4) is 0 Å². The summed E-state index contributed by atoms with van der Waals surface area (Å²) in [7, 11) is 0. The van der Waals surface area contributed by atoms with Crippen molar-refractivity contribution in [3.05, 3.63) is 0 Å².